The van der Waals surface area contributed by atoms with Gasteiger partial charge >= 0.3 is 0 Å². The van der Waals surface area contributed by atoms with Gasteiger partial charge in [-0.25, -0.2) is 0 Å². The molecule has 150 valence electrons. The zero-order valence-electron chi connectivity index (χ0n) is 17.1. The highest BCUT2D eigenvalue weighted by atomic mass is 32.2. The number of thioether (sulfide) groups is 1. The fourth-order valence-electron chi connectivity index (χ4n) is 3.76. The zero-order chi connectivity index (χ0) is 20.5. The summed E-state index contributed by atoms with van der Waals surface area (Å²) >= 11 is 1.43. The van der Waals surface area contributed by atoms with Gasteiger partial charge in [-0.1, -0.05) is 30.0 Å². The van der Waals surface area contributed by atoms with Gasteiger partial charge in [-0.2, -0.15) is 0 Å². The van der Waals surface area contributed by atoms with Crippen molar-refractivity contribution in [2.45, 2.75) is 32.5 Å². The van der Waals surface area contributed by atoms with Gasteiger partial charge in [-0.15, -0.1) is 10.2 Å². The quantitative estimate of drug-likeness (QED) is 0.338. The first kappa shape index (κ1) is 19.7. The maximum absolute atomic E-state index is 12.9. The Morgan fingerprint density at radius 2 is 1.93 bits per heavy atom. The van der Waals surface area contributed by atoms with E-state index in [1.807, 2.05) is 43.4 Å². The predicted octanol–water partition coefficient (Wildman–Crippen LogP) is 4.23. The number of pyridine rings is 1. The molecule has 0 aliphatic heterocycles. The zero-order valence-corrected chi connectivity index (χ0v) is 17.9. The van der Waals surface area contributed by atoms with E-state index in [0.29, 0.717) is 12.4 Å². The molecule has 0 aliphatic carbocycles. The lowest BCUT2D eigenvalue weighted by Gasteiger charge is -2.09. The molecule has 0 N–H and O–H groups in total. The second-order valence-electron chi connectivity index (χ2n) is 7.17. The number of hydrogen-bond donors (Lipinski definition) is 0. The van der Waals surface area contributed by atoms with Crippen LogP contribution < -0.4 is 0 Å². The molecule has 4 rings (SSSR count). The van der Waals surface area contributed by atoms with Gasteiger partial charge in [0.2, 0.25) is 0 Å². The standard InChI is InChI=1S/C22H24N4O2S/c1-14-11-17-7-5-6-8-19(17)26-21(14)23-24-22(26)29-13-20(27)18-12-15(2)25(16(18)3)9-10-28-4/h5-8,11-12H,9-10,13H2,1-4H3. The van der Waals surface area contributed by atoms with E-state index in [1.54, 1.807) is 7.11 Å². The lowest BCUT2D eigenvalue weighted by molar-refractivity contribution is 0.102. The van der Waals surface area contributed by atoms with Crippen molar-refractivity contribution in [3.8, 4) is 0 Å². The van der Waals surface area contributed by atoms with Gasteiger partial charge in [0.1, 0.15) is 0 Å². The van der Waals surface area contributed by atoms with Crippen molar-refractivity contribution in [2.24, 2.45) is 0 Å². The Morgan fingerprint density at radius 1 is 1.14 bits per heavy atom. The van der Waals surface area contributed by atoms with Crippen LogP contribution in [-0.2, 0) is 11.3 Å². The molecule has 0 radical (unpaired) electrons. The Labute approximate surface area is 173 Å². The average Bonchev–Trinajstić information content (AvgIpc) is 3.26. The van der Waals surface area contributed by atoms with Crippen molar-refractivity contribution >= 4 is 34.1 Å². The van der Waals surface area contributed by atoms with Gasteiger partial charge in [0.15, 0.2) is 16.6 Å². The maximum atomic E-state index is 12.9. The molecule has 0 amide bonds. The molecule has 4 aromatic rings. The van der Waals surface area contributed by atoms with Gasteiger partial charge in [0, 0.05) is 30.6 Å². The first-order valence-electron chi connectivity index (χ1n) is 9.56. The fourth-order valence-corrected chi connectivity index (χ4v) is 4.59. The van der Waals surface area contributed by atoms with Crippen LogP contribution in [0.3, 0.4) is 0 Å². The molecule has 29 heavy (non-hydrogen) atoms. The second kappa shape index (κ2) is 8.00. The summed E-state index contributed by atoms with van der Waals surface area (Å²) in [6.07, 6.45) is 0. The number of ketones is 1. The van der Waals surface area contributed by atoms with Gasteiger partial charge in [-0.3, -0.25) is 9.20 Å². The first-order chi connectivity index (χ1) is 14.0. The number of methoxy groups -OCH3 is 1. The Kier molecular flexibility index (Phi) is 5.43. The topological polar surface area (TPSA) is 61.4 Å². The largest absolute Gasteiger partial charge is 0.383 e. The third-order valence-corrected chi connectivity index (χ3v) is 6.19. The SMILES string of the molecule is COCCn1c(C)cc(C(=O)CSc2nnc3c(C)cc4ccccc4n23)c1C. The lowest BCUT2D eigenvalue weighted by Crippen LogP contribution is -2.09. The number of rotatable bonds is 7. The maximum Gasteiger partial charge on any atom is 0.196 e. The van der Waals surface area contributed by atoms with Crippen molar-refractivity contribution in [1.29, 1.82) is 0 Å². The summed E-state index contributed by atoms with van der Waals surface area (Å²) < 4.78 is 9.36. The highest BCUT2D eigenvalue weighted by molar-refractivity contribution is 7.99. The normalized spacial score (nSPS) is 11.6. The molecular weight excluding hydrogens is 384 g/mol. The number of aromatic nitrogens is 4. The van der Waals surface area contributed by atoms with Crippen LogP contribution in [0.4, 0.5) is 0 Å². The fraction of sp³-hybridized carbons (Fsp3) is 0.318. The number of benzene rings is 1. The predicted molar refractivity (Wildman–Crippen MR) is 116 cm³/mol. The number of ether oxygens (including phenoxy) is 1. The highest BCUT2D eigenvalue weighted by Crippen LogP contribution is 2.26. The van der Waals surface area contributed by atoms with Gasteiger partial charge in [-0.05, 0) is 49.9 Å². The first-order valence-corrected chi connectivity index (χ1v) is 10.5. The average molecular weight is 409 g/mol. The summed E-state index contributed by atoms with van der Waals surface area (Å²) in [4.78, 5) is 12.9. The number of carbonyl (C=O) groups is 1. The molecule has 0 spiro atoms. The molecule has 0 bridgehead atoms. The summed E-state index contributed by atoms with van der Waals surface area (Å²) in [5, 5.41) is 10.6. The van der Waals surface area contributed by atoms with Crippen molar-refractivity contribution in [2.75, 3.05) is 19.5 Å². The summed E-state index contributed by atoms with van der Waals surface area (Å²) in [7, 11) is 1.69. The van der Waals surface area contributed by atoms with Crippen LogP contribution in [0, 0.1) is 20.8 Å². The Bertz CT molecular complexity index is 1210. The van der Waals surface area contributed by atoms with E-state index >= 15 is 0 Å². The van der Waals surface area contributed by atoms with Gasteiger partial charge in [0.05, 0.1) is 17.9 Å². The molecule has 0 fully saturated rings. The summed E-state index contributed by atoms with van der Waals surface area (Å²) in [5.74, 6) is 0.415. The van der Waals surface area contributed by atoms with E-state index < -0.39 is 0 Å². The van der Waals surface area contributed by atoms with E-state index in [1.165, 1.54) is 11.8 Å². The number of nitrogens with zero attached hydrogens (tertiary/aromatic N) is 4. The Balaban J connectivity index is 1.62. The van der Waals surface area contributed by atoms with Crippen LogP contribution in [0.25, 0.3) is 16.6 Å². The number of aryl methyl sites for hydroxylation is 2. The van der Waals surface area contributed by atoms with Gasteiger partial charge < -0.3 is 9.30 Å². The molecule has 0 aliphatic rings. The number of para-hydroxylation sites is 1. The minimum Gasteiger partial charge on any atom is -0.383 e. The highest BCUT2D eigenvalue weighted by Gasteiger charge is 2.18. The van der Waals surface area contributed by atoms with Crippen LogP contribution in [0.15, 0.2) is 41.6 Å². The van der Waals surface area contributed by atoms with E-state index in [0.717, 1.165) is 50.8 Å². The summed E-state index contributed by atoms with van der Waals surface area (Å²) in [6.45, 7) is 7.41. The second-order valence-corrected chi connectivity index (χ2v) is 8.11. The molecule has 3 aromatic heterocycles. The third kappa shape index (κ3) is 3.56. The monoisotopic (exact) mass is 408 g/mol. The summed E-state index contributed by atoms with van der Waals surface area (Å²) in [5.41, 5.74) is 5.76. The van der Waals surface area contributed by atoms with E-state index in [-0.39, 0.29) is 5.78 Å². The molecule has 3 heterocycles. The molecule has 6 nitrogen and oxygen atoms in total. The van der Waals surface area contributed by atoms with Crippen LogP contribution in [0.1, 0.15) is 27.3 Å². The van der Waals surface area contributed by atoms with Crippen molar-refractivity contribution in [3.63, 3.8) is 0 Å². The minimum atomic E-state index is 0.0977. The number of Topliss-reactive ketones (excluding diaryl/α,β-unsaturated/α-hetero) is 1. The molecule has 0 atom stereocenters. The van der Waals surface area contributed by atoms with Crippen molar-refractivity contribution in [3.05, 3.63) is 58.9 Å². The Morgan fingerprint density at radius 3 is 2.72 bits per heavy atom. The van der Waals surface area contributed by atoms with Crippen molar-refractivity contribution in [1.82, 2.24) is 19.2 Å². The number of fused-ring (bicyclic) bond motifs is 3. The molecule has 0 saturated carbocycles. The number of carbonyl (C=O) groups excluding carboxylic acids is 1. The lowest BCUT2D eigenvalue weighted by atomic mass is 10.1. The molecule has 1 aromatic carbocycles. The molecule has 0 saturated heterocycles. The summed E-state index contributed by atoms with van der Waals surface area (Å²) in [6, 6.07) is 12.2. The number of hydrogen-bond acceptors (Lipinski definition) is 5. The Hall–Kier alpha value is -2.64. The van der Waals surface area contributed by atoms with Crippen molar-refractivity contribution < 1.29 is 9.53 Å². The van der Waals surface area contributed by atoms with E-state index in [4.69, 9.17) is 4.74 Å². The van der Waals surface area contributed by atoms with Crippen LogP contribution in [0.2, 0.25) is 0 Å². The minimum absolute atomic E-state index is 0.0977. The molecule has 0 unspecified atom stereocenters. The molecule has 7 heteroatoms. The van der Waals surface area contributed by atoms with Crippen LogP contribution in [0.5, 0.6) is 0 Å². The van der Waals surface area contributed by atoms with E-state index in [2.05, 4.69) is 33.0 Å². The van der Waals surface area contributed by atoms with Gasteiger partial charge in [0.25, 0.3) is 0 Å². The van der Waals surface area contributed by atoms with Crippen LogP contribution in [-0.4, -0.2) is 44.4 Å². The third-order valence-electron chi connectivity index (χ3n) is 5.26. The van der Waals surface area contributed by atoms with Crippen LogP contribution >= 0.6 is 11.8 Å². The smallest absolute Gasteiger partial charge is 0.196 e. The van der Waals surface area contributed by atoms with E-state index in [9.17, 15) is 4.79 Å². The molecular formula is C22H24N4O2S.